The fraction of sp³-hybridized carbons (Fsp3) is 0.308. The lowest BCUT2D eigenvalue weighted by Gasteiger charge is -2.09. The molecule has 0 spiro atoms. The predicted octanol–water partition coefficient (Wildman–Crippen LogP) is 4.18. The zero-order valence-corrected chi connectivity index (χ0v) is 12.4. The molecule has 0 radical (unpaired) electrons. The first-order chi connectivity index (χ1) is 8.16. The number of anilines is 1. The van der Waals surface area contributed by atoms with Crippen molar-refractivity contribution < 1.29 is 0 Å². The molecule has 1 aromatic carbocycles. The molecular formula is C13H15BrN2S. The first-order valence-electron chi connectivity index (χ1n) is 5.56. The number of nitrogens with zero attached hydrogens (tertiary/aromatic N) is 1. The smallest absolute Gasteiger partial charge is 0.0797 e. The Kier molecular flexibility index (Phi) is 4.18. The van der Waals surface area contributed by atoms with Crippen LogP contribution in [0.5, 0.6) is 0 Å². The van der Waals surface area contributed by atoms with E-state index < -0.39 is 0 Å². The van der Waals surface area contributed by atoms with Crippen molar-refractivity contribution in [3.05, 3.63) is 44.3 Å². The van der Waals surface area contributed by atoms with Crippen LogP contribution in [0, 0.1) is 13.8 Å². The fourth-order valence-electron chi connectivity index (χ4n) is 1.70. The number of rotatable bonds is 4. The summed E-state index contributed by atoms with van der Waals surface area (Å²) in [6, 6.07) is 6.30. The van der Waals surface area contributed by atoms with Crippen molar-refractivity contribution in [1.29, 1.82) is 0 Å². The van der Waals surface area contributed by atoms with E-state index in [9.17, 15) is 0 Å². The van der Waals surface area contributed by atoms with Gasteiger partial charge in [0.05, 0.1) is 11.2 Å². The molecule has 0 fully saturated rings. The molecule has 2 rings (SSSR count). The number of benzene rings is 1. The van der Waals surface area contributed by atoms with Crippen LogP contribution in [0.2, 0.25) is 0 Å². The van der Waals surface area contributed by atoms with Gasteiger partial charge in [0.1, 0.15) is 0 Å². The van der Waals surface area contributed by atoms with Crippen molar-refractivity contribution in [2.45, 2.75) is 20.3 Å². The van der Waals surface area contributed by atoms with E-state index in [1.54, 1.807) is 11.3 Å². The Labute approximate surface area is 114 Å². The molecule has 0 atom stereocenters. The summed E-state index contributed by atoms with van der Waals surface area (Å²) in [5, 5.41) is 3.46. The van der Waals surface area contributed by atoms with Crippen LogP contribution in [0.1, 0.15) is 16.1 Å². The third kappa shape index (κ3) is 3.30. The minimum Gasteiger partial charge on any atom is -0.384 e. The Bertz CT molecular complexity index is 508. The lowest BCUT2D eigenvalue weighted by atomic mass is 10.2. The van der Waals surface area contributed by atoms with Crippen LogP contribution < -0.4 is 5.32 Å². The van der Waals surface area contributed by atoms with E-state index in [4.69, 9.17) is 0 Å². The monoisotopic (exact) mass is 310 g/mol. The summed E-state index contributed by atoms with van der Waals surface area (Å²) in [6.07, 6.45) is 1.03. The molecule has 4 heteroatoms. The van der Waals surface area contributed by atoms with Gasteiger partial charge in [-0.15, -0.1) is 11.3 Å². The molecule has 1 heterocycles. The molecule has 2 aromatic rings. The molecule has 17 heavy (non-hydrogen) atoms. The van der Waals surface area contributed by atoms with Crippen LogP contribution in [0.15, 0.2) is 28.2 Å². The van der Waals surface area contributed by atoms with Gasteiger partial charge in [0.25, 0.3) is 0 Å². The molecule has 0 unspecified atom stereocenters. The van der Waals surface area contributed by atoms with Crippen molar-refractivity contribution in [3.63, 3.8) is 0 Å². The Morgan fingerprint density at radius 3 is 2.82 bits per heavy atom. The van der Waals surface area contributed by atoms with Crippen molar-refractivity contribution >= 4 is 33.0 Å². The van der Waals surface area contributed by atoms with Gasteiger partial charge >= 0.3 is 0 Å². The lowest BCUT2D eigenvalue weighted by Crippen LogP contribution is -2.05. The Hall–Kier alpha value is -0.870. The number of hydrogen-bond donors (Lipinski definition) is 1. The van der Waals surface area contributed by atoms with Gasteiger partial charge in [0, 0.05) is 28.0 Å². The number of thiazole rings is 1. The van der Waals surface area contributed by atoms with E-state index in [0.717, 1.165) is 23.1 Å². The van der Waals surface area contributed by atoms with Crippen molar-refractivity contribution in [3.8, 4) is 0 Å². The predicted molar refractivity (Wildman–Crippen MR) is 77.9 cm³/mol. The minimum absolute atomic E-state index is 0.950. The lowest BCUT2D eigenvalue weighted by molar-refractivity contribution is 1.01. The highest BCUT2D eigenvalue weighted by Gasteiger charge is 2.02. The summed E-state index contributed by atoms with van der Waals surface area (Å²) in [6.45, 7) is 5.13. The summed E-state index contributed by atoms with van der Waals surface area (Å²) >= 11 is 5.20. The average Bonchev–Trinajstić information content (AvgIpc) is 2.68. The molecule has 1 aromatic heterocycles. The molecule has 0 bridgehead atoms. The van der Waals surface area contributed by atoms with Crippen molar-refractivity contribution in [1.82, 2.24) is 4.98 Å². The highest BCUT2D eigenvalue weighted by molar-refractivity contribution is 9.10. The maximum atomic E-state index is 4.26. The maximum absolute atomic E-state index is 4.26. The minimum atomic E-state index is 0.950. The molecule has 0 aliphatic heterocycles. The number of nitrogens with one attached hydrogen (secondary N) is 1. The Balaban J connectivity index is 1.92. The first kappa shape index (κ1) is 12.6. The van der Waals surface area contributed by atoms with Crippen LogP contribution in [0.3, 0.4) is 0 Å². The Morgan fingerprint density at radius 1 is 1.35 bits per heavy atom. The van der Waals surface area contributed by atoms with E-state index in [-0.39, 0.29) is 0 Å². The summed E-state index contributed by atoms with van der Waals surface area (Å²) in [5.41, 5.74) is 5.54. The molecule has 0 saturated heterocycles. The molecule has 2 nitrogen and oxygen atoms in total. The number of hydrogen-bond acceptors (Lipinski definition) is 3. The summed E-state index contributed by atoms with van der Waals surface area (Å²) in [4.78, 5) is 5.62. The zero-order valence-electron chi connectivity index (χ0n) is 9.96. The quantitative estimate of drug-likeness (QED) is 0.916. The average molecular weight is 311 g/mol. The summed E-state index contributed by atoms with van der Waals surface area (Å²) in [5.74, 6) is 0. The van der Waals surface area contributed by atoms with E-state index >= 15 is 0 Å². The number of halogens is 1. The van der Waals surface area contributed by atoms with Gasteiger partial charge in [0.2, 0.25) is 0 Å². The van der Waals surface area contributed by atoms with E-state index in [1.807, 2.05) is 5.51 Å². The SMILES string of the molecule is Cc1cc(Br)ccc1NCCc1scnc1C. The van der Waals surface area contributed by atoms with Crippen molar-refractivity contribution in [2.75, 3.05) is 11.9 Å². The molecule has 1 N–H and O–H groups in total. The van der Waals surface area contributed by atoms with Gasteiger partial charge < -0.3 is 5.32 Å². The van der Waals surface area contributed by atoms with Gasteiger partial charge in [-0.2, -0.15) is 0 Å². The normalized spacial score (nSPS) is 10.5. The third-order valence-corrected chi connectivity index (χ3v) is 4.19. The molecular weight excluding hydrogens is 296 g/mol. The van der Waals surface area contributed by atoms with Gasteiger partial charge in [0.15, 0.2) is 0 Å². The molecule has 0 aliphatic rings. The highest BCUT2D eigenvalue weighted by atomic mass is 79.9. The summed E-state index contributed by atoms with van der Waals surface area (Å²) in [7, 11) is 0. The molecule has 90 valence electrons. The standard InChI is InChI=1S/C13H15BrN2S/c1-9-7-11(14)3-4-12(9)15-6-5-13-10(2)16-8-17-13/h3-4,7-8,15H,5-6H2,1-2H3. The second kappa shape index (κ2) is 5.65. The highest BCUT2D eigenvalue weighted by Crippen LogP contribution is 2.20. The van der Waals surface area contributed by atoms with Crippen LogP contribution >= 0.6 is 27.3 Å². The summed E-state index contributed by atoms with van der Waals surface area (Å²) < 4.78 is 1.12. The van der Waals surface area contributed by atoms with Gasteiger partial charge in [-0.05, 0) is 37.6 Å². The van der Waals surface area contributed by atoms with Crippen LogP contribution in [0.25, 0.3) is 0 Å². The second-order valence-electron chi connectivity index (χ2n) is 4.00. The largest absolute Gasteiger partial charge is 0.384 e. The van der Waals surface area contributed by atoms with E-state index in [0.29, 0.717) is 0 Å². The topological polar surface area (TPSA) is 24.9 Å². The number of aryl methyl sites for hydroxylation is 2. The van der Waals surface area contributed by atoms with Crippen LogP contribution in [-0.2, 0) is 6.42 Å². The van der Waals surface area contributed by atoms with E-state index in [1.165, 1.54) is 16.1 Å². The molecule has 0 aliphatic carbocycles. The second-order valence-corrected chi connectivity index (χ2v) is 5.85. The van der Waals surface area contributed by atoms with Gasteiger partial charge in [-0.3, -0.25) is 0 Å². The Morgan fingerprint density at radius 2 is 2.18 bits per heavy atom. The first-order valence-corrected chi connectivity index (χ1v) is 7.23. The van der Waals surface area contributed by atoms with Gasteiger partial charge in [-0.1, -0.05) is 15.9 Å². The zero-order chi connectivity index (χ0) is 12.3. The molecule has 0 amide bonds. The fourth-order valence-corrected chi connectivity index (χ4v) is 2.96. The third-order valence-electron chi connectivity index (χ3n) is 2.70. The molecule has 0 saturated carbocycles. The van der Waals surface area contributed by atoms with Crippen LogP contribution in [0.4, 0.5) is 5.69 Å². The maximum Gasteiger partial charge on any atom is 0.0797 e. The number of aromatic nitrogens is 1. The van der Waals surface area contributed by atoms with Crippen molar-refractivity contribution in [2.24, 2.45) is 0 Å². The van der Waals surface area contributed by atoms with E-state index in [2.05, 4.69) is 58.3 Å². The van der Waals surface area contributed by atoms with Gasteiger partial charge in [-0.25, -0.2) is 4.98 Å². The van der Waals surface area contributed by atoms with Crippen LogP contribution in [-0.4, -0.2) is 11.5 Å².